The fraction of sp³-hybridized carbons (Fsp3) is 0.136. The molecule has 0 saturated carbocycles. The van der Waals surface area contributed by atoms with Gasteiger partial charge in [0.2, 0.25) is 0 Å². The van der Waals surface area contributed by atoms with Crippen molar-refractivity contribution in [3.8, 4) is 17.2 Å². The lowest BCUT2D eigenvalue weighted by Gasteiger charge is -2.23. The molecule has 1 aromatic heterocycles. The van der Waals surface area contributed by atoms with E-state index in [4.69, 9.17) is 9.47 Å². The number of ether oxygens (including phenoxy) is 2. The van der Waals surface area contributed by atoms with Crippen LogP contribution in [0.15, 0.2) is 59.6 Å². The molecule has 0 spiro atoms. The van der Waals surface area contributed by atoms with Gasteiger partial charge in [0.1, 0.15) is 24.7 Å². The predicted octanol–water partition coefficient (Wildman–Crippen LogP) is 3.25. The van der Waals surface area contributed by atoms with E-state index in [1.807, 2.05) is 0 Å². The number of rotatable bonds is 3. The zero-order chi connectivity index (χ0) is 21.5. The first-order chi connectivity index (χ1) is 15.0. The molecule has 0 aliphatic carbocycles. The van der Waals surface area contributed by atoms with Crippen molar-refractivity contribution < 1.29 is 29.3 Å². The van der Waals surface area contributed by atoms with Crippen LogP contribution in [-0.4, -0.2) is 40.1 Å². The maximum absolute atomic E-state index is 13.0. The lowest BCUT2D eigenvalue weighted by Crippen LogP contribution is -2.29. The number of amides is 1. The number of aliphatic hydroxyl groups excluding tert-OH is 1. The number of hydrogen-bond donors (Lipinski definition) is 2. The van der Waals surface area contributed by atoms with Crippen molar-refractivity contribution in [1.29, 1.82) is 0 Å². The highest BCUT2D eigenvalue weighted by Gasteiger charge is 2.48. The molecule has 1 amide bonds. The predicted molar refractivity (Wildman–Crippen MR) is 112 cm³/mol. The molecule has 8 nitrogen and oxygen atoms in total. The fourth-order valence-electron chi connectivity index (χ4n) is 3.72. The summed E-state index contributed by atoms with van der Waals surface area (Å²) in [6.07, 6.45) is 1.53. The standard InChI is InChI=1S/C22H16N2O6S/c25-14-3-1-2-12(10-14)18-17(20(27)21(28)24(18)22-23-6-9-31-22)19(26)13-4-5-15-16(11-13)30-8-7-29-15/h1-6,9-11,18,25-26H,7-8H2/b19-17+. The first kappa shape index (κ1) is 19.1. The van der Waals surface area contributed by atoms with Crippen LogP contribution in [0.4, 0.5) is 5.13 Å². The Bertz CT molecular complexity index is 1220. The molecule has 3 aromatic rings. The van der Waals surface area contributed by atoms with Gasteiger partial charge in [-0.05, 0) is 35.9 Å². The van der Waals surface area contributed by atoms with Gasteiger partial charge in [-0.25, -0.2) is 4.98 Å². The van der Waals surface area contributed by atoms with Gasteiger partial charge in [-0.1, -0.05) is 12.1 Å². The molecule has 156 valence electrons. The highest BCUT2D eigenvalue weighted by atomic mass is 32.1. The Balaban J connectivity index is 1.69. The van der Waals surface area contributed by atoms with E-state index in [1.165, 1.54) is 34.6 Å². The molecule has 1 saturated heterocycles. The van der Waals surface area contributed by atoms with Gasteiger partial charge in [0.15, 0.2) is 16.6 Å². The van der Waals surface area contributed by atoms with Gasteiger partial charge < -0.3 is 19.7 Å². The zero-order valence-electron chi connectivity index (χ0n) is 16.0. The minimum Gasteiger partial charge on any atom is -0.508 e. The molecule has 2 aliphatic rings. The summed E-state index contributed by atoms with van der Waals surface area (Å²) in [5.41, 5.74) is 0.683. The molecule has 2 aromatic carbocycles. The molecule has 31 heavy (non-hydrogen) atoms. The summed E-state index contributed by atoms with van der Waals surface area (Å²) in [6, 6.07) is 10.1. The van der Waals surface area contributed by atoms with E-state index in [-0.39, 0.29) is 17.1 Å². The minimum atomic E-state index is -0.952. The van der Waals surface area contributed by atoms with Crippen molar-refractivity contribution in [2.75, 3.05) is 18.1 Å². The average Bonchev–Trinajstić information content (AvgIpc) is 3.40. The molecule has 5 rings (SSSR count). The number of fused-ring (bicyclic) bond motifs is 1. The van der Waals surface area contributed by atoms with E-state index in [9.17, 15) is 19.8 Å². The summed E-state index contributed by atoms with van der Waals surface area (Å²) in [4.78, 5) is 31.4. The van der Waals surface area contributed by atoms with Gasteiger partial charge in [0, 0.05) is 17.1 Å². The zero-order valence-corrected chi connectivity index (χ0v) is 16.8. The molecule has 1 fully saturated rings. The molecule has 3 heterocycles. The van der Waals surface area contributed by atoms with Crippen LogP contribution in [0.5, 0.6) is 17.2 Å². The van der Waals surface area contributed by atoms with E-state index in [2.05, 4.69) is 4.98 Å². The van der Waals surface area contributed by atoms with E-state index < -0.39 is 17.7 Å². The normalized spacial score (nSPS) is 19.6. The number of carbonyl (C=O) groups excluding carboxylic acids is 2. The number of Topliss-reactive ketones (excluding diaryl/α,β-unsaturated/α-hetero) is 1. The summed E-state index contributed by atoms with van der Waals surface area (Å²) in [5.74, 6) is -1.03. The van der Waals surface area contributed by atoms with Crippen LogP contribution < -0.4 is 14.4 Å². The molecule has 0 bridgehead atoms. The van der Waals surface area contributed by atoms with E-state index in [0.29, 0.717) is 41.0 Å². The van der Waals surface area contributed by atoms with Gasteiger partial charge in [0.05, 0.1) is 11.6 Å². The summed E-state index contributed by atoms with van der Waals surface area (Å²) in [6.45, 7) is 0.795. The SMILES string of the molecule is O=C1C(=O)N(c2nccs2)C(c2cccc(O)c2)/C1=C(\O)c1ccc2c(c1)OCCO2. The Morgan fingerprint density at radius 2 is 1.90 bits per heavy atom. The average molecular weight is 436 g/mol. The lowest BCUT2D eigenvalue weighted by molar-refractivity contribution is -0.132. The van der Waals surface area contributed by atoms with Gasteiger partial charge in [-0.3, -0.25) is 14.5 Å². The topological polar surface area (TPSA) is 109 Å². The number of ketones is 1. The number of nitrogens with zero attached hydrogens (tertiary/aromatic N) is 2. The molecule has 1 unspecified atom stereocenters. The van der Waals surface area contributed by atoms with E-state index >= 15 is 0 Å². The van der Waals surface area contributed by atoms with Crippen molar-refractivity contribution in [2.45, 2.75) is 6.04 Å². The van der Waals surface area contributed by atoms with Gasteiger partial charge >= 0.3 is 5.91 Å². The van der Waals surface area contributed by atoms with Crippen LogP contribution in [-0.2, 0) is 9.59 Å². The molecule has 1 atom stereocenters. The number of carbonyl (C=O) groups is 2. The largest absolute Gasteiger partial charge is 0.508 e. The molecule has 2 aliphatic heterocycles. The molecule has 0 radical (unpaired) electrons. The lowest BCUT2D eigenvalue weighted by atomic mass is 9.95. The summed E-state index contributed by atoms with van der Waals surface area (Å²) < 4.78 is 11.1. The van der Waals surface area contributed by atoms with E-state index in [0.717, 1.165) is 0 Å². The van der Waals surface area contributed by atoms with Gasteiger partial charge in [-0.2, -0.15) is 0 Å². The number of aliphatic hydroxyl groups is 1. The summed E-state index contributed by atoms with van der Waals surface area (Å²) >= 11 is 1.20. The Morgan fingerprint density at radius 1 is 1.10 bits per heavy atom. The second kappa shape index (κ2) is 7.44. The first-order valence-electron chi connectivity index (χ1n) is 9.44. The molecular formula is C22H16N2O6S. The maximum atomic E-state index is 13.0. The minimum absolute atomic E-state index is 0.0263. The summed E-state index contributed by atoms with van der Waals surface area (Å²) in [5, 5.41) is 23.1. The van der Waals surface area contributed by atoms with Gasteiger partial charge in [0.25, 0.3) is 5.78 Å². The van der Waals surface area contributed by atoms with Crippen LogP contribution in [0.1, 0.15) is 17.2 Å². The highest BCUT2D eigenvalue weighted by molar-refractivity contribution is 7.14. The third kappa shape index (κ3) is 3.19. The quantitative estimate of drug-likeness (QED) is 0.368. The second-order valence-electron chi connectivity index (χ2n) is 6.94. The Kier molecular flexibility index (Phi) is 4.59. The van der Waals surface area contributed by atoms with Crippen LogP contribution in [0.2, 0.25) is 0 Å². The number of benzene rings is 2. The van der Waals surface area contributed by atoms with Crippen LogP contribution in [0.25, 0.3) is 5.76 Å². The van der Waals surface area contributed by atoms with Crippen LogP contribution in [0.3, 0.4) is 0 Å². The first-order valence-corrected chi connectivity index (χ1v) is 10.3. The Hall–Kier alpha value is -3.85. The number of aromatic hydroxyl groups is 1. The van der Waals surface area contributed by atoms with Crippen LogP contribution in [0, 0.1) is 0 Å². The smallest absolute Gasteiger partial charge is 0.301 e. The van der Waals surface area contributed by atoms with Crippen molar-refractivity contribution >= 4 is 33.9 Å². The Morgan fingerprint density at radius 3 is 2.65 bits per heavy atom. The van der Waals surface area contributed by atoms with Crippen molar-refractivity contribution in [1.82, 2.24) is 4.98 Å². The number of thiazole rings is 1. The number of phenols is 1. The monoisotopic (exact) mass is 436 g/mol. The molecule has 9 heteroatoms. The van der Waals surface area contributed by atoms with Gasteiger partial charge in [-0.15, -0.1) is 11.3 Å². The Labute approximate surface area is 180 Å². The number of aromatic nitrogens is 1. The highest BCUT2D eigenvalue weighted by Crippen LogP contribution is 2.44. The van der Waals surface area contributed by atoms with E-state index in [1.54, 1.807) is 35.7 Å². The molecular weight excluding hydrogens is 420 g/mol. The molecule has 2 N–H and O–H groups in total. The maximum Gasteiger partial charge on any atom is 0.301 e. The fourth-order valence-corrected chi connectivity index (χ4v) is 4.39. The third-order valence-corrected chi connectivity index (χ3v) is 5.84. The third-order valence-electron chi connectivity index (χ3n) is 5.07. The van der Waals surface area contributed by atoms with Crippen molar-refractivity contribution in [3.63, 3.8) is 0 Å². The second-order valence-corrected chi connectivity index (χ2v) is 7.81. The number of anilines is 1. The summed E-state index contributed by atoms with van der Waals surface area (Å²) in [7, 11) is 0. The van der Waals surface area contributed by atoms with Crippen molar-refractivity contribution in [2.24, 2.45) is 0 Å². The van der Waals surface area contributed by atoms with Crippen molar-refractivity contribution in [3.05, 3.63) is 70.7 Å². The number of phenolic OH excluding ortho intramolecular Hbond substituents is 1. The number of hydrogen-bond acceptors (Lipinski definition) is 8. The van der Waals surface area contributed by atoms with Crippen LogP contribution >= 0.6 is 11.3 Å².